The van der Waals surface area contributed by atoms with Crippen LogP contribution in [0.4, 0.5) is 0 Å². The topological polar surface area (TPSA) is 104 Å². The van der Waals surface area contributed by atoms with Crippen LogP contribution in [0.25, 0.3) is 0 Å². The molecule has 0 aromatic carbocycles. The SMILES string of the molecule is COCOCCNC(=S)NCCOCCOCCNC(=S)NCCOCOC(C)C. The monoisotopic (exact) mass is 470 g/mol. The number of hydrogen-bond acceptors (Lipinski definition) is 8. The molecule has 0 aliphatic rings. The third-order valence-electron chi connectivity index (χ3n) is 3.19. The molecule has 4 N–H and O–H groups in total. The quantitative estimate of drug-likeness (QED) is 0.109. The number of ether oxygens (including phenoxy) is 6. The highest BCUT2D eigenvalue weighted by Crippen LogP contribution is 1.87. The summed E-state index contributed by atoms with van der Waals surface area (Å²) >= 11 is 10.3. The lowest BCUT2D eigenvalue weighted by atomic mass is 10.5. The van der Waals surface area contributed by atoms with E-state index >= 15 is 0 Å². The maximum Gasteiger partial charge on any atom is 0.166 e. The predicted molar refractivity (Wildman–Crippen MR) is 124 cm³/mol. The lowest BCUT2D eigenvalue weighted by Crippen LogP contribution is -2.39. The number of rotatable bonds is 20. The van der Waals surface area contributed by atoms with Gasteiger partial charge in [0.25, 0.3) is 0 Å². The summed E-state index contributed by atoms with van der Waals surface area (Å²) in [5.74, 6) is 0. The van der Waals surface area contributed by atoms with Gasteiger partial charge in [-0.2, -0.15) is 0 Å². The molecule has 0 fully saturated rings. The van der Waals surface area contributed by atoms with Crippen LogP contribution in [-0.2, 0) is 28.4 Å². The van der Waals surface area contributed by atoms with E-state index in [2.05, 4.69) is 21.3 Å². The van der Waals surface area contributed by atoms with Crippen molar-refractivity contribution in [3.8, 4) is 0 Å². The van der Waals surface area contributed by atoms with Crippen molar-refractivity contribution in [1.82, 2.24) is 21.3 Å². The van der Waals surface area contributed by atoms with Gasteiger partial charge in [-0.05, 0) is 38.3 Å². The van der Waals surface area contributed by atoms with Crippen LogP contribution in [0.5, 0.6) is 0 Å². The predicted octanol–water partition coefficient (Wildman–Crippen LogP) is -0.0326. The summed E-state index contributed by atoms with van der Waals surface area (Å²) in [4.78, 5) is 0. The fraction of sp³-hybridized carbons (Fsp3) is 0.889. The van der Waals surface area contributed by atoms with Crippen LogP contribution in [0, 0.1) is 0 Å². The first-order valence-corrected chi connectivity index (χ1v) is 10.8. The Hall–Kier alpha value is -0.860. The molecular weight excluding hydrogens is 432 g/mol. The molecule has 0 aliphatic carbocycles. The third-order valence-corrected chi connectivity index (χ3v) is 3.76. The molecule has 0 aromatic rings. The highest BCUT2D eigenvalue weighted by Gasteiger charge is 1.97. The van der Waals surface area contributed by atoms with Crippen molar-refractivity contribution in [2.75, 3.05) is 86.5 Å². The van der Waals surface area contributed by atoms with E-state index < -0.39 is 0 Å². The fourth-order valence-electron chi connectivity index (χ4n) is 1.78. The molecule has 0 spiro atoms. The molecule has 0 saturated carbocycles. The summed E-state index contributed by atoms with van der Waals surface area (Å²) in [6.07, 6.45) is 0.167. The normalized spacial score (nSPS) is 10.8. The van der Waals surface area contributed by atoms with Crippen LogP contribution in [0.15, 0.2) is 0 Å². The number of thiocarbonyl (C=S) groups is 2. The maximum atomic E-state index is 5.48. The fourth-order valence-corrected chi connectivity index (χ4v) is 2.19. The zero-order valence-electron chi connectivity index (χ0n) is 18.3. The average Bonchev–Trinajstić information content (AvgIpc) is 2.71. The highest BCUT2D eigenvalue weighted by atomic mass is 32.1. The van der Waals surface area contributed by atoms with Crippen LogP contribution in [-0.4, -0.2) is 103 Å². The minimum Gasteiger partial charge on any atom is -0.377 e. The van der Waals surface area contributed by atoms with Crippen molar-refractivity contribution >= 4 is 34.7 Å². The first-order chi connectivity index (χ1) is 14.6. The van der Waals surface area contributed by atoms with Crippen LogP contribution in [0.1, 0.15) is 13.8 Å². The van der Waals surface area contributed by atoms with Crippen LogP contribution in [0.2, 0.25) is 0 Å². The largest absolute Gasteiger partial charge is 0.377 e. The molecule has 0 unspecified atom stereocenters. The molecule has 0 aromatic heterocycles. The Labute approximate surface area is 191 Å². The zero-order chi connectivity index (χ0) is 22.3. The summed E-state index contributed by atoms with van der Waals surface area (Å²) in [5, 5.41) is 13.3. The van der Waals surface area contributed by atoms with Gasteiger partial charge in [0.05, 0.1) is 45.7 Å². The minimum atomic E-state index is 0.167. The van der Waals surface area contributed by atoms with Gasteiger partial charge in [0.1, 0.15) is 13.6 Å². The zero-order valence-corrected chi connectivity index (χ0v) is 20.0. The molecule has 30 heavy (non-hydrogen) atoms. The summed E-state index contributed by atoms with van der Waals surface area (Å²) < 4.78 is 31.4. The lowest BCUT2D eigenvalue weighted by Gasteiger charge is -2.12. The van der Waals surface area contributed by atoms with E-state index in [9.17, 15) is 0 Å². The van der Waals surface area contributed by atoms with Crippen molar-refractivity contribution in [2.45, 2.75) is 20.0 Å². The molecule has 0 heterocycles. The van der Waals surface area contributed by atoms with Gasteiger partial charge < -0.3 is 49.7 Å². The molecule has 0 amide bonds. The van der Waals surface area contributed by atoms with Gasteiger partial charge >= 0.3 is 0 Å². The van der Waals surface area contributed by atoms with Gasteiger partial charge in [-0.1, -0.05) is 0 Å². The number of methoxy groups -OCH3 is 1. The molecular formula is C18H38N4O6S2. The molecule has 12 heteroatoms. The Balaban J connectivity index is 3.25. The van der Waals surface area contributed by atoms with Gasteiger partial charge in [-0.25, -0.2) is 0 Å². The van der Waals surface area contributed by atoms with Crippen LogP contribution >= 0.6 is 24.4 Å². The third kappa shape index (κ3) is 23.4. The van der Waals surface area contributed by atoms with Gasteiger partial charge in [0, 0.05) is 33.3 Å². The second-order valence-corrected chi connectivity index (χ2v) is 6.96. The highest BCUT2D eigenvalue weighted by molar-refractivity contribution is 7.80. The van der Waals surface area contributed by atoms with Gasteiger partial charge in [-0.3, -0.25) is 0 Å². The van der Waals surface area contributed by atoms with Crippen LogP contribution < -0.4 is 21.3 Å². The Morgan fingerprint density at radius 3 is 1.43 bits per heavy atom. The Morgan fingerprint density at radius 1 is 0.633 bits per heavy atom. The molecule has 0 radical (unpaired) electrons. The molecule has 178 valence electrons. The van der Waals surface area contributed by atoms with E-state index in [1.165, 1.54) is 0 Å². The van der Waals surface area contributed by atoms with Gasteiger partial charge in [-0.15, -0.1) is 0 Å². The Morgan fingerprint density at radius 2 is 1.03 bits per heavy atom. The molecule has 0 atom stereocenters. The standard InChI is InChI=1S/C18H38N4O6S2/c1-16(2)28-15-27-11-7-22-18(30)20-5-9-25-13-12-24-8-4-19-17(29)21-6-10-26-14-23-3/h16H,4-15H2,1-3H3,(H2,19,21,29)(H2,20,22,30). The second kappa shape index (κ2) is 22.8. The number of nitrogens with one attached hydrogen (secondary N) is 4. The first-order valence-electron chi connectivity index (χ1n) is 10.0. The summed E-state index contributed by atoms with van der Waals surface area (Å²) in [7, 11) is 1.58. The lowest BCUT2D eigenvalue weighted by molar-refractivity contribution is -0.0766. The van der Waals surface area contributed by atoms with Crippen molar-refractivity contribution < 1.29 is 28.4 Å². The van der Waals surface area contributed by atoms with E-state index in [-0.39, 0.29) is 12.9 Å². The average molecular weight is 471 g/mol. The molecule has 0 rings (SSSR count). The molecule has 0 bridgehead atoms. The van der Waals surface area contributed by atoms with E-state index in [1.54, 1.807) is 7.11 Å². The maximum absolute atomic E-state index is 5.48. The smallest absolute Gasteiger partial charge is 0.166 e. The van der Waals surface area contributed by atoms with Crippen molar-refractivity contribution in [3.05, 3.63) is 0 Å². The van der Waals surface area contributed by atoms with E-state index in [0.29, 0.717) is 82.8 Å². The minimum absolute atomic E-state index is 0.167. The van der Waals surface area contributed by atoms with E-state index in [0.717, 1.165) is 0 Å². The van der Waals surface area contributed by atoms with Crippen molar-refractivity contribution in [2.24, 2.45) is 0 Å². The van der Waals surface area contributed by atoms with Crippen molar-refractivity contribution in [3.63, 3.8) is 0 Å². The Bertz CT molecular complexity index is 422. The summed E-state index contributed by atoms with van der Waals surface area (Å²) in [6, 6.07) is 0. The summed E-state index contributed by atoms with van der Waals surface area (Å²) in [6.45, 7) is 10.2. The molecule has 0 saturated heterocycles. The van der Waals surface area contributed by atoms with Gasteiger partial charge in [0.2, 0.25) is 0 Å². The first kappa shape index (κ1) is 29.1. The van der Waals surface area contributed by atoms with E-state index in [1.807, 2.05) is 13.8 Å². The van der Waals surface area contributed by atoms with Gasteiger partial charge in [0.15, 0.2) is 10.2 Å². The Kier molecular flexibility index (Phi) is 22.2. The molecule has 0 aliphatic heterocycles. The number of hydrogen-bond donors (Lipinski definition) is 4. The molecule has 10 nitrogen and oxygen atoms in total. The second-order valence-electron chi connectivity index (χ2n) is 6.15. The van der Waals surface area contributed by atoms with Crippen molar-refractivity contribution in [1.29, 1.82) is 0 Å². The van der Waals surface area contributed by atoms with Crippen LogP contribution in [0.3, 0.4) is 0 Å². The summed E-state index contributed by atoms with van der Waals surface area (Å²) in [5.41, 5.74) is 0. The van der Waals surface area contributed by atoms with E-state index in [4.69, 9.17) is 52.9 Å².